The van der Waals surface area contributed by atoms with E-state index in [-0.39, 0.29) is 60.8 Å². The number of esters is 1. The van der Waals surface area contributed by atoms with Crippen molar-refractivity contribution in [1.29, 1.82) is 0 Å². The summed E-state index contributed by atoms with van der Waals surface area (Å²) >= 11 is 0. The smallest absolute Gasteiger partial charge is 0.331 e. The Balaban J connectivity index is 1.31. The molecule has 298 valence electrons. The van der Waals surface area contributed by atoms with Crippen LogP contribution in [0.3, 0.4) is 0 Å². The van der Waals surface area contributed by atoms with Gasteiger partial charge in [0.25, 0.3) is 0 Å². The van der Waals surface area contributed by atoms with E-state index in [0.29, 0.717) is 19.3 Å². The number of rotatable bonds is 3. The zero-order valence-electron chi connectivity index (χ0n) is 32.4. The van der Waals surface area contributed by atoms with Gasteiger partial charge in [0, 0.05) is 36.7 Å². The van der Waals surface area contributed by atoms with Crippen LogP contribution < -0.4 is 0 Å². The third kappa shape index (κ3) is 11.6. The summed E-state index contributed by atoms with van der Waals surface area (Å²) in [6, 6.07) is 0. The molecule has 0 aliphatic carbocycles. The van der Waals surface area contributed by atoms with Crippen LogP contribution in [0.1, 0.15) is 73.1 Å². The Labute approximate surface area is 321 Å². The first kappa shape index (κ1) is 42.2. The average Bonchev–Trinajstić information content (AvgIpc) is 3.49. The predicted molar refractivity (Wildman–Crippen MR) is 207 cm³/mol. The van der Waals surface area contributed by atoms with E-state index in [4.69, 9.17) is 23.7 Å². The van der Waals surface area contributed by atoms with Gasteiger partial charge >= 0.3 is 5.97 Å². The Hall–Kier alpha value is -2.93. The van der Waals surface area contributed by atoms with Crippen LogP contribution in [0.4, 0.5) is 0 Å². The summed E-state index contributed by atoms with van der Waals surface area (Å²) in [5, 5.41) is 42.8. The van der Waals surface area contributed by atoms with Gasteiger partial charge in [0.15, 0.2) is 6.10 Å². The summed E-state index contributed by atoms with van der Waals surface area (Å²) in [4.78, 5) is 12.9. The van der Waals surface area contributed by atoms with E-state index >= 15 is 0 Å². The average molecular weight is 751 g/mol. The summed E-state index contributed by atoms with van der Waals surface area (Å²) in [6.45, 7) is 9.68. The van der Waals surface area contributed by atoms with Gasteiger partial charge in [-0.15, -0.1) is 0 Å². The lowest BCUT2D eigenvalue weighted by Gasteiger charge is -2.40. The van der Waals surface area contributed by atoms with Crippen molar-refractivity contribution >= 4 is 5.97 Å². The van der Waals surface area contributed by atoms with Gasteiger partial charge in [0.2, 0.25) is 0 Å². The van der Waals surface area contributed by atoms with Gasteiger partial charge in [0.1, 0.15) is 24.4 Å². The fraction of sp³-hybridized carbons (Fsp3) is 0.614. The molecule has 7 bridgehead atoms. The SMILES string of the molecule is C/C(=C\[C@@H](C)[C@@H](C)O)[C@@H]1O[C@@H]2C=C[C@@H]1OC(=O)\C=C/C=C\C=C\[C@H]1OC3C[C@@H]1O[C@@H](/C=C/CC1O[C@H](C[C@H](O)C1C)[C@H](O)[C@@H](O)/C=C/CC/C=C/C2)C3C. The minimum atomic E-state index is -1.17. The molecule has 0 radical (unpaired) electrons. The van der Waals surface area contributed by atoms with E-state index in [0.717, 1.165) is 18.4 Å². The summed E-state index contributed by atoms with van der Waals surface area (Å²) in [6.07, 6.45) is 25.2. The summed E-state index contributed by atoms with van der Waals surface area (Å²) in [5.74, 6) is -0.583. The maximum Gasteiger partial charge on any atom is 0.331 e. The summed E-state index contributed by atoms with van der Waals surface area (Å²) < 4.78 is 31.4. The topological polar surface area (TPSA) is 144 Å². The highest BCUT2D eigenvalue weighted by atomic mass is 16.6. The van der Waals surface area contributed by atoms with Crippen molar-refractivity contribution in [2.75, 3.05) is 0 Å². The van der Waals surface area contributed by atoms with Crippen molar-refractivity contribution in [2.45, 2.75) is 152 Å². The van der Waals surface area contributed by atoms with Gasteiger partial charge in [-0.2, -0.15) is 0 Å². The zero-order valence-corrected chi connectivity index (χ0v) is 32.4. The minimum Gasteiger partial charge on any atom is -0.452 e. The van der Waals surface area contributed by atoms with Gasteiger partial charge in [0.05, 0.1) is 48.8 Å². The van der Waals surface area contributed by atoms with Crippen LogP contribution in [-0.2, 0) is 28.5 Å². The van der Waals surface area contributed by atoms with Crippen molar-refractivity contribution in [3.63, 3.8) is 0 Å². The standard InChI is InChI=1S/C44H62O10/c1-27(31(5)45)24-28(2)44-38-23-22-32(50-44)16-11-7-6-8-12-17-33(46)43(49)41-25-34(47)29(3)35(52-41)19-15-20-36-30(4)39-26-40(51-36)37(53-39)18-13-9-10-14-21-42(48)54-38/h7,9-15,17-18,20-24,27,29-41,43-47,49H,6,8,16,19,25-26H2,1-5H3/b10-9-,11-7+,17-12+,18-13+,20-15+,21-14-,28-24+/t27-,29?,30?,31-,32+,33+,34+,35?,36+,37-,38+,39?,40+,41-,43-,44+/m1/s1. The first-order chi connectivity index (χ1) is 25.9. The Kier molecular flexibility index (Phi) is 15.9. The quantitative estimate of drug-likeness (QED) is 0.215. The lowest BCUT2D eigenvalue weighted by molar-refractivity contribution is -0.175. The number of allylic oxidation sites excluding steroid dienone is 6. The summed E-state index contributed by atoms with van der Waals surface area (Å²) in [7, 11) is 0. The van der Waals surface area contributed by atoms with Gasteiger partial charge in [-0.1, -0.05) is 99.8 Å². The highest BCUT2D eigenvalue weighted by molar-refractivity contribution is 5.82. The van der Waals surface area contributed by atoms with E-state index in [1.807, 2.05) is 81.5 Å². The molecule has 3 fully saturated rings. The van der Waals surface area contributed by atoms with Crippen LogP contribution in [0.5, 0.6) is 0 Å². The molecule has 6 aliphatic heterocycles. The molecule has 10 heteroatoms. The number of carbonyl (C=O) groups is 1. The van der Waals surface area contributed by atoms with Crippen LogP contribution in [0, 0.1) is 17.8 Å². The van der Waals surface area contributed by atoms with Crippen molar-refractivity contribution in [3.05, 3.63) is 96.7 Å². The van der Waals surface area contributed by atoms with E-state index < -0.39 is 48.7 Å². The summed E-state index contributed by atoms with van der Waals surface area (Å²) in [5.41, 5.74) is 0.874. The highest BCUT2D eigenvalue weighted by Gasteiger charge is 2.45. The fourth-order valence-electron chi connectivity index (χ4n) is 7.66. The molecule has 0 aromatic rings. The second-order valence-corrected chi connectivity index (χ2v) is 15.6. The molecule has 4 unspecified atom stereocenters. The Bertz CT molecular complexity index is 1460. The first-order valence-electron chi connectivity index (χ1n) is 19.8. The molecule has 3 saturated heterocycles. The van der Waals surface area contributed by atoms with Crippen LogP contribution in [0.25, 0.3) is 0 Å². The molecule has 6 heterocycles. The molecule has 6 rings (SSSR count). The minimum absolute atomic E-state index is 0.0585. The van der Waals surface area contributed by atoms with Gasteiger partial charge in [-0.3, -0.25) is 0 Å². The van der Waals surface area contributed by atoms with Crippen molar-refractivity contribution in [2.24, 2.45) is 17.8 Å². The Morgan fingerprint density at radius 1 is 0.722 bits per heavy atom. The molecule has 4 N–H and O–H groups in total. The van der Waals surface area contributed by atoms with Crippen LogP contribution >= 0.6 is 0 Å². The number of aliphatic hydroxyl groups is 4. The monoisotopic (exact) mass is 750 g/mol. The normalized spacial score (nSPS) is 44.6. The number of hydrogen-bond acceptors (Lipinski definition) is 10. The van der Waals surface area contributed by atoms with E-state index in [1.165, 1.54) is 6.08 Å². The molecule has 0 aromatic heterocycles. The number of ether oxygens (including phenoxy) is 5. The number of hydrogen-bond donors (Lipinski definition) is 4. The van der Waals surface area contributed by atoms with Crippen LogP contribution in [-0.4, -0.2) is 106 Å². The van der Waals surface area contributed by atoms with E-state index in [2.05, 4.69) is 13.0 Å². The van der Waals surface area contributed by atoms with Crippen LogP contribution in [0.15, 0.2) is 96.7 Å². The third-order valence-corrected chi connectivity index (χ3v) is 11.4. The molecule has 54 heavy (non-hydrogen) atoms. The highest BCUT2D eigenvalue weighted by Crippen LogP contribution is 2.38. The molecule has 0 aromatic carbocycles. The second-order valence-electron chi connectivity index (χ2n) is 15.6. The van der Waals surface area contributed by atoms with E-state index in [1.54, 1.807) is 25.2 Å². The maximum atomic E-state index is 12.9. The molecule has 10 nitrogen and oxygen atoms in total. The van der Waals surface area contributed by atoms with Gasteiger partial charge in [-0.05, 0) is 51.2 Å². The number of aliphatic hydroxyl groups excluding tert-OH is 4. The number of carbonyl (C=O) groups excluding carboxylic acids is 1. The Morgan fingerprint density at radius 2 is 1.48 bits per heavy atom. The van der Waals surface area contributed by atoms with E-state index in [9.17, 15) is 25.2 Å². The third-order valence-electron chi connectivity index (χ3n) is 11.4. The molecule has 0 saturated carbocycles. The molecular weight excluding hydrogens is 688 g/mol. The molecule has 0 amide bonds. The van der Waals surface area contributed by atoms with Gasteiger partial charge in [-0.25, -0.2) is 4.79 Å². The largest absolute Gasteiger partial charge is 0.452 e. The Morgan fingerprint density at radius 3 is 2.28 bits per heavy atom. The maximum absolute atomic E-state index is 12.9. The lowest BCUT2D eigenvalue weighted by atomic mass is 9.85. The van der Waals surface area contributed by atoms with Crippen molar-refractivity contribution in [3.8, 4) is 0 Å². The molecule has 0 spiro atoms. The lowest BCUT2D eigenvalue weighted by Crippen LogP contribution is -2.50. The van der Waals surface area contributed by atoms with Crippen molar-refractivity contribution in [1.82, 2.24) is 0 Å². The first-order valence-corrected chi connectivity index (χ1v) is 19.8. The predicted octanol–water partition coefficient (Wildman–Crippen LogP) is 5.53. The van der Waals surface area contributed by atoms with Gasteiger partial charge < -0.3 is 44.1 Å². The molecular formula is C44H62O10. The molecule has 16 atom stereocenters. The molecule has 6 aliphatic rings. The fourth-order valence-corrected chi connectivity index (χ4v) is 7.66. The van der Waals surface area contributed by atoms with Crippen LogP contribution in [0.2, 0.25) is 0 Å². The van der Waals surface area contributed by atoms with Crippen molar-refractivity contribution < 1.29 is 48.9 Å². The zero-order chi connectivity index (χ0) is 38.8. The number of fused-ring (bicyclic) bond motifs is 13. The second kappa shape index (κ2) is 20.3.